The highest BCUT2D eigenvalue weighted by Crippen LogP contribution is 2.06. The van der Waals surface area contributed by atoms with Gasteiger partial charge in [0.1, 0.15) is 5.54 Å². The lowest BCUT2D eigenvalue weighted by Gasteiger charge is -2.26. The minimum atomic E-state index is -1.40. The predicted octanol–water partition coefficient (Wildman–Crippen LogP) is -0.954. The van der Waals surface area contributed by atoms with Crippen molar-refractivity contribution in [2.45, 2.75) is 18.5 Å². The highest BCUT2D eigenvalue weighted by Gasteiger charge is 2.36. The standard InChI is InChI=1S/C5H12N2O2S/c1-3(6)5(7,2-10)4(8)9/h3,10H,2,6-7H2,1H3,(H,8,9). The molecular weight excluding hydrogens is 152 g/mol. The number of thiol groups is 1. The average molecular weight is 164 g/mol. The number of rotatable bonds is 3. The molecule has 0 heterocycles. The van der Waals surface area contributed by atoms with E-state index in [0.717, 1.165) is 0 Å². The second-order valence-corrected chi connectivity index (χ2v) is 2.61. The third kappa shape index (κ3) is 1.62. The summed E-state index contributed by atoms with van der Waals surface area (Å²) in [6.07, 6.45) is 0. The summed E-state index contributed by atoms with van der Waals surface area (Å²) in [4.78, 5) is 10.4. The highest BCUT2D eigenvalue weighted by atomic mass is 32.1. The Morgan fingerprint density at radius 1 is 1.90 bits per heavy atom. The van der Waals surface area contributed by atoms with E-state index in [1.807, 2.05) is 0 Å². The molecule has 5 heteroatoms. The summed E-state index contributed by atoms with van der Waals surface area (Å²) in [6, 6.07) is -0.595. The number of carboxylic acids is 1. The SMILES string of the molecule is CC(N)C(N)(CS)C(=O)O. The smallest absolute Gasteiger partial charge is 0.326 e. The maximum atomic E-state index is 10.4. The molecular formula is C5H12N2O2S. The summed E-state index contributed by atoms with van der Waals surface area (Å²) in [5, 5.41) is 8.55. The second kappa shape index (κ2) is 3.23. The lowest BCUT2D eigenvalue weighted by Crippen LogP contribution is -2.61. The van der Waals surface area contributed by atoms with E-state index >= 15 is 0 Å². The van der Waals surface area contributed by atoms with Gasteiger partial charge in [0.25, 0.3) is 0 Å². The zero-order valence-corrected chi connectivity index (χ0v) is 6.64. The van der Waals surface area contributed by atoms with Crippen molar-refractivity contribution in [3.05, 3.63) is 0 Å². The first-order chi connectivity index (χ1) is 4.45. The number of carboxylic acid groups (broad SMARTS) is 1. The van der Waals surface area contributed by atoms with Gasteiger partial charge in [-0.1, -0.05) is 0 Å². The fourth-order valence-electron chi connectivity index (χ4n) is 0.406. The van der Waals surface area contributed by atoms with Crippen molar-refractivity contribution < 1.29 is 9.90 Å². The predicted molar refractivity (Wildman–Crippen MR) is 42.1 cm³/mol. The topological polar surface area (TPSA) is 89.3 Å². The third-order valence-electron chi connectivity index (χ3n) is 1.47. The number of carbonyl (C=O) groups is 1. The van der Waals surface area contributed by atoms with Crippen LogP contribution in [0.5, 0.6) is 0 Å². The molecule has 4 nitrogen and oxygen atoms in total. The van der Waals surface area contributed by atoms with Gasteiger partial charge in [-0.3, -0.25) is 4.79 Å². The molecule has 0 amide bonds. The highest BCUT2D eigenvalue weighted by molar-refractivity contribution is 7.80. The van der Waals surface area contributed by atoms with E-state index in [4.69, 9.17) is 16.6 Å². The van der Waals surface area contributed by atoms with Crippen molar-refractivity contribution in [3.63, 3.8) is 0 Å². The quantitative estimate of drug-likeness (QED) is 0.405. The van der Waals surface area contributed by atoms with Crippen LogP contribution in [0.3, 0.4) is 0 Å². The van der Waals surface area contributed by atoms with Crippen molar-refractivity contribution in [1.29, 1.82) is 0 Å². The molecule has 0 radical (unpaired) electrons. The number of hydrogen-bond donors (Lipinski definition) is 4. The minimum Gasteiger partial charge on any atom is -0.480 e. The number of nitrogens with two attached hydrogens (primary N) is 2. The fraction of sp³-hybridized carbons (Fsp3) is 0.800. The molecule has 60 valence electrons. The van der Waals surface area contributed by atoms with E-state index in [0.29, 0.717) is 0 Å². The van der Waals surface area contributed by atoms with E-state index in [1.165, 1.54) is 0 Å². The van der Waals surface area contributed by atoms with Crippen molar-refractivity contribution >= 4 is 18.6 Å². The van der Waals surface area contributed by atoms with Crippen molar-refractivity contribution in [1.82, 2.24) is 0 Å². The Labute approximate surface area is 65.0 Å². The molecule has 2 unspecified atom stereocenters. The lowest BCUT2D eigenvalue weighted by molar-refractivity contribution is -0.143. The molecule has 0 saturated carbocycles. The molecule has 2 atom stereocenters. The van der Waals surface area contributed by atoms with E-state index in [2.05, 4.69) is 12.6 Å². The molecule has 0 aliphatic carbocycles. The summed E-state index contributed by atoms with van der Waals surface area (Å²) < 4.78 is 0. The Bertz CT molecular complexity index is 140. The number of aliphatic carboxylic acids is 1. The molecule has 0 rings (SSSR count). The summed E-state index contributed by atoms with van der Waals surface area (Å²) in [6.45, 7) is 1.55. The molecule has 0 bridgehead atoms. The average Bonchev–Trinajstić information content (AvgIpc) is 1.85. The first kappa shape index (κ1) is 9.74. The monoisotopic (exact) mass is 164 g/mol. The Kier molecular flexibility index (Phi) is 3.14. The molecule has 0 aromatic heterocycles. The first-order valence-electron chi connectivity index (χ1n) is 2.84. The van der Waals surface area contributed by atoms with Gasteiger partial charge >= 0.3 is 5.97 Å². The fourth-order valence-corrected chi connectivity index (χ4v) is 0.830. The van der Waals surface area contributed by atoms with Crippen LogP contribution in [0.4, 0.5) is 0 Å². The molecule has 0 aromatic carbocycles. The second-order valence-electron chi connectivity index (χ2n) is 2.29. The van der Waals surface area contributed by atoms with Crippen LogP contribution in [-0.2, 0) is 4.79 Å². The summed E-state index contributed by atoms with van der Waals surface area (Å²) >= 11 is 3.79. The maximum Gasteiger partial charge on any atom is 0.326 e. The third-order valence-corrected chi connectivity index (χ3v) is 2.00. The van der Waals surface area contributed by atoms with Crippen LogP contribution < -0.4 is 11.5 Å². The van der Waals surface area contributed by atoms with Gasteiger partial charge in [0.05, 0.1) is 0 Å². The first-order valence-corrected chi connectivity index (χ1v) is 3.47. The van der Waals surface area contributed by atoms with Crippen molar-refractivity contribution in [2.75, 3.05) is 5.75 Å². The Morgan fingerprint density at radius 3 is 2.30 bits per heavy atom. The van der Waals surface area contributed by atoms with Crippen molar-refractivity contribution in [3.8, 4) is 0 Å². The largest absolute Gasteiger partial charge is 0.480 e. The molecule has 10 heavy (non-hydrogen) atoms. The minimum absolute atomic E-state index is 0.0417. The van der Waals surface area contributed by atoms with Gasteiger partial charge < -0.3 is 16.6 Å². The normalized spacial score (nSPS) is 19.6. The van der Waals surface area contributed by atoms with Crippen LogP contribution >= 0.6 is 12.6 Å². The van der Waals surface area contributed by atoms with E-state index in [1.54, 1.807) is 6.92 Å². The summed E-state index contributed by atoms with van der Waals surface area (Å²) in [7, 11) is 0. The molecule has 5 N–H and O–H groups in total. The van der Waals surface area contributed by atoms with Gasteiger partial charge in [0.15, 0.2) is 0 Å². The van der Waals surface area contributed by atoms with Gasteiger partial charge in [-0.2, -0.15) is 12.6 Å². The van der Waals surface area contributed by atoms with Crippen LogP contribution in [-0.4, -0.2) is 28.4 Å². The molecule has 0 aromatic rings. The molecule has 0 aliphatic rings. The maximum absolute atomic E-state index is 10.4. The Morgan fingerprint density at radius 2 is 2.30 bits per heavy atom. The summed E-state index contributed by atoms with van der Waals surface area (Å²) in [5.41, 5.74) is 9.31. The van der Waals surface area contributed by atoms with Gasteiger partial charge in [0.2, 0.25) is 0 Å². The zero-order chi connectivity index (χ0) is 8.36. The van der Waals surface area contributed by atoms with Crippen LogP contribution in [0.25, 0.3) is 0 Å². The van der Waals surface area contributed by atoms with E-state index in [-0.39, 0.29) is 5.75 Å². The van der Waals surface area contributed by atoms with E-state index in [9.17, 15) is 4.79 Å². The molecule has 0 spiro atoms. The molecule has 0 saturated heterocycles. The van der Waals surface area contributed by atoms with Gasteiger partial charge in [-0.05, 0) is 6.92 Å². The molecule has 0 aliphatic heterocycles. The molecule has 0 fully saturated rings. The van der Waals surface area contributed by atoms with Crippen LogP contribution in [0, 0.1) is 0 Å². The van der Waals surface area contributed by atoms with Gasteiger partial charge in [0, 0.05) is 11.8 Å². The Hall–Kier alpha value is -0.260. The van der Waals surface area contributed by atoms with Gasteiger partial charge in [-0.15, -0.1) is 0 Å². The van der Waals surface area contributed by atoms with Crippen LogP contribution in [0.1, 0.15) is 6.92 Å². The van der Waals surface area contributed by atoms with E-state index < -0.39 is 17.6 Å². The van der Waals surface area contributed by atoms with Crippen LogP contribution in [0.15, 0.2) is 0 Å². The lowest BCUT2D eigenvalue weighted by atomic mass is 9.96. The zero-order valence-electron chi connectivity index (χ0n) is 5.74. The van der Waals surface area contributed by atoms with Crippen molar-refractivity contribution in [2.24, 2.45) is 11.5 Å². The van der Waals surface area contributed by atoms with Crippen LogP contribution in [0.2, 0.25) is 0 Å². The Balaban J connectivity index is 4.38. The summed E-state index contributed by atoms with van der Waals surface area (Å²) in [5.74, 6) is -1.07. The van der Waals surface area contributed by atoms with Gasteiger partial charge in [-0.25, -0.2) is 0 Å². The number of hydrogen-bond acceptors (Lipinski definition) is 4.